The number of likely N-dealkylation sites (tertiary alicyclic amines) is 1. The van der Waals surface area contributed by atoms with Gasteiger partial charge in [-0.1, -0.05) is 23.7 Å². The van der Waals surface area contributed by atoms with E-state index in [-0.39, 0.29) is 47.4 Å². The van der Waals surface area contributed by atoms with Gasteiger partial charge in [0.2, 0.25) is 5.88 Å². The molecule has 1 saturated heterocycles. The molecule has 206 valence electrons. The highest BCUT2D eigenvalue weighted by molar-refractivity contribution is 6.30. The van der Waals surface area contributed by atoms with E-state index in [1.165, 1.54) is 43.5 Å². The highest BCUT2D eigenvalue weighted by atomic mass is 35.5. The molecule has 0 bridgehead atoms. The molecular weight excluding hydrogens is 546 g/mol. The van der Waals surface area contributed by atoms with Crippen LogP contribution in [0.25, 0.3) is 17.2 Å². The summed E-state index contributed by atoms with van der Waals surface area (Å²) in [7, 11) is 2.83. The van der Waals surface area contributed by atoms with Crippen LogP contribution in [-0.2, 0) is 0 Å². The van der Waals surface area contributed by atoms with Crippen LogP contribution in [0.3, 0.4) is 0 Å². The molecule has 9 nitrogen and oxygen atoms in total. The van der Waals surface area contributed by atoms with Crippen LogP contribution in [0.1, 0.15) is 28.3 Å². The van der Waals surface area contributed by atoms with Gasteiger partial charge in [0.25, 0.3) is 11.5 Å². The average Bonchev–Trinajstić information content (AvgIpc) is 3.43. The molecule has 5 rings (SSSR count). The highest BCUT2D eigenvalue weighted by Crippen LogP contribution is 2.39. The number of halogens is 3. The molecule has 0 saturated carbocycles. The molecule has 1 amide bonds. The molecule has 1 atom stereocenters. The van der Waals surface area contributed by atoms with Crippen LogP contribution in [0, 0.1) is 11.6 Å². The summed E-state index contributed by atoms with van der Waals surface area (Å²) in [6.07, 6.45) is 1.73. The van der Waals surface area contributed by atoms with Crippen molar-refractivity contribution < 1.29 is 28.2 Å². The summed E-state index contributed by atoms with van der Waals surface area (Å²) in [4.78, 5) is 36.6. The molecule has 0 radical (unpaired) electrons. The Balaban J connectivity index is 1.64. The van der Waals surface area contributed by atoms with Crippen LogP contribution >= 0.6 is 11.6 Å². The second kappa shape index (κ2) is 10.9. The first-order valence-electron chi connectivity index (χ1n) is 12.2. The van der Waals surface area contributed by atoms with Gasteiger partial charge in [-0.05, 0) is 42.3 Å². The van der Waals surface area contributed by atoms with Gasteiger partial charge in [-0.25, -0.2) is 8.78 Å². The second-order valence-electron chi connectivity index (χ2n) is 9.05. The molecule has 0 aliphatic carbocycles. The SMILES string of the molecule is COc1cccc(OC)c1-n1c(-c2ccc(Cl)cn2)nc(=O)c(C(=O)N2CCC(c3ccc(F)cc3F)C2)c1O. The molecule has 2 aromatic heterocycles. The third-order valence-electron chi connectivity index (χ3n) is 6.74. The molecule has 40 heavy (non-hydrogen) atoms. The van der Waals surface area contributed by atoms with Crippen molar-refractivity contribution in [1.29, 1.82) is 0 Å². The Morgan fingerprint density at radius 2 is 1.82 bits per heavy atom. The second-order valence-corrected chi connectivity index (χ2v) is 9.49. The number of aromatic hydroxyl groups is 1. The van der Waals surface area contributed by atoms with Gasteiger partial charge < -0.3 is 19.5 Å². The van der Waals surface area contributed by atoms with Gasteiger partial charge in [0.1, 0.15) is 34.5 Å². The van der Waals surface area contributed by atoms with E-state index < -0.39 is 40.5 Å². The fraction of sp³-hybridized carbons (Fsp3) is 0.214. The number of carbonyl (C=O) groups is 1. The maximum atomic E-state index is 14.4. The van der Waals surface area contributed by atoms with Crippen molar-refractivity contribution in [3.05, 3.63) is 92.9 Å². The van der Waals surface area contributed by atoms with Crippen molar-refractivity contribution in [3.63, 3.8) is 0 Å². The fourth-order valence-corrected chi connectivity index (χ4v) is 4.94. The average molecular weight is 569 g/mol. The van der Waals surface area contributed by atoms with Gasteiger partial charge >= 0.3 is 0 Å². The van der Waals surface area contributed by atoms with Crippen molar-refractivity contribution in [1.82, 2.24) is 19.4 Å². The Morgan fingerprint density at radius 1 is 1.10 bits per heavy atom. The summed E-state index contributed by atoms with van der Waals surface area (Å²) in [6.45, 7) is 0.233. The van der Waals surface area contributed by atoms with E-state index in [2.05, 4.69) is 9.97 Å². The normalized spacial score (nSPS) is 14.8. The quantitative estimate of drug-likeness (QED) is 0.363. The molecule has 1 aliphatic rings. The zero-order chi connectivity index (χ0) is 28.6. The lowest BCUT2D eigenvalue weighted by Gasteiger charge is -2.22. The number of carbonyl (C=O) groups excluding carboxylic acids is 1. The van der Waals surface area contributed by atoms with Crippen LogP contribution in [-0.4, -0.2) is 57.8 Å². The van der Waals surface area contributed by atoms with Crippen LogP contribution in [0.15, 0.2) is 59.5 Å². The Hall–Kier alpha value is -4.51. The van der Waals surface area contributed by atoms with E-state index >= 15 is 0 Å². The topological polar surface area (TPSA) is 107 Å². The summed E-state index contributed by atoms with van der Waals surface area (Å²) in [5.74, 6) is -2.93. The number of benzene rings is 2. The number of nitrogens with zero attached hydrogens (tertiary/aromatic N) is 4. The van der Waals surface area contributed by atoms with E-state index in [1.807, 2.05) is 0 Å². The van der Waals surface area contributed by atoms with Crippen LogP contribution in [0.4, 0.5) is 8.78 Å². The molecular formula is C28H23ClF2N4O5. The van der Waals surface area contributed by atoms with E-state index in [0.717, 1.165) is 16.7 Å². The standard InChI is InChI=1S/C28H23ClF2N4O5/c1-39-21-4-3-5-22(40-2)24(21)35-25(20-9-6-16(29)13-32-20)33-26(36)23(28(35)38)27(37)34-11-10-15(14-34)18-8-7-17(30)12-19(18)31/h3-9,12-13,15,38H,10-11,14H2,1-2H3. The van der Waals surface area contributed by atoms with Crippen LogP contribution in [0.5, 0.6) is 17.4 Å². The number of hydrogen-bond acceptors (Lipinski definition) is 7. The van der Waals surface area contributed by atoms with E-state index in [9.17, 15) is 23.5 Å². The molecule has 2 aromatic carbocycles. The predicted molar refractivity (Wildman–Crippen MR) is 142 cm³/mol. The van der Waals surface area contributed by atoms with E-state index in [1.54, 1.807) is 18.2 Å². The van der Waals surface area contributed by atoms with Crippen molar-refractivity contribution in [2.45, 2.75) is 12.3 Å². The Labute approximate surface area is 232 Å². The number of ether oxygens (including phenoxy) is 2. The Morgan fingerprint density at radius 3 is 2.45 bits per heavy atom. The first-order chi connectivity index (χ1) is 19.2. The first-order valence-corrected chi connectivity index (χ1v) is 12.5. The predicted octanol–water partition coefficient (Wildman–Crippen LogP) is 4.58. The highest BCUT2D eigenvalue weighted by Gasteiger charge is 2.35. The molecule has 1 fully saturated rings. The maximum Gasteiger partial charge on any atom is 0.290 e. The summed E-state index contributed by atoms with van der Waals surface area (Å²) in [6, 6.07) is 11.2. The van der Waals surface area contributed by atoms with E-state index in [4.69, 9.17) is 21.1 Å². The maximum absolute atomic E-state index is 14.4. The largest absolute Gasteiger partial charge is 0.494 e. The zero-order valence-electron chi connectivity index (χ0n) is 21.4. The van der Waals surface area contributed by atoms with Crippen molar-refractivity contribution in [3.8, 4) is 34.6 Å². The molecule has 1 unspecified atom stereocenters. The number of pyridine rings is 1. The fourth-order valence-electron chi connectivity index (χ4n) is 4.83. The zero-order valence-corrected chi connectivity index (χ0v) is 22.2. The van der Waals surface area contributed by atoms with Gasteiger partial charge in [-0.15, -0.1) is 0 Å². The van der Waals surface area contributed by atoms with Gasteiger partial charge in [-0.2, -0.15) is 4.98 Å². The number of methoxy groups -OCH3 is 2. The number of amides is 1. The lowest BCUT2D eigenvalue weighted by atomic mass is 9.98. The van der Waals surface area contributed by atoms with Gasteiger partial charge in [0, 0.05) is 31.3 Å². The number of aromatic nitrogens is 3. The van der Waals surface area contributed by atoms with Crippen molar-refractivity contribution in [2.24, 2.45) is 0 Å². The number of hydrogen-bond donors (Lipinski definition) is 1. The lowest BCUT2D eigenvalue weighted by Crippen LogP contribution is -2.34. The molecule has 12 heteroatoms. The molecule has 0 spiro atoms. The number of para-hydroxylation sites is 1. The minimum atomic E-state index is -0.990. The minimum absolute atomic E-state index is 0.0543. The molecule has 3 heterocycles. The monoisotopic (exact) mass is 568 g/mol. The summed E-state index contributed by atoms with van der Waals surface area (Å²) < 4.78 is 40.0. The third-order valence-corrected chi connectivity index (χ3v) is 6.97. The molecule has 1 aliphatic heterocycles. The third kappa shape index (κ3) is 4.84. The molecule has 1 N–H and O–H groups in total. The number of rotatable bonds is 6. The van der Waals surface area contributed by atoms with Crippen LogP contribution in [0.2, 0.25) is 5.02 Å². The molecule has 4 aromatic rings. The summed E-state index contributed by atoms with van der Waals surface area (Å²) >= 11 is 5.99. The lowest BCUT2D eigenvalue weighted by molar-refractivity contribution is 0.0784. The van der Waals surface area contributed by atoms with Gasteiger partial charge in [0.15, 0.2) is 11.4 Å². The van der Waals surface area contributed by atoms with Gasteiger partial charge in [0.05, 0.1) is 19.2 Å². The van der Waals surface area contributed by atoms with Crippen molar-refractivity contribution in [2.75, 3.05) is 27.3 Å². The van der Waals surface area contributed by atoms with Crippen LogP contribution < -0.4 is 15.0 Å². The minimum Gasteiger partial charge on any atom is -0.494 e. The van der Waals surface area contributed by atoms with Crippen molar-refractivity contribution >= 4 is 17.5 Å². The van der Waals surface area contributed by atoms with E-state index in [0.29, 0.717) is 11.4 Å². The summed E-state index contributed by atoms with van der Waals surface area (Å²) in [5, 5.41) is 11.9. The Bertz CT molecular complexity index is 1640. The first kappa shape index (κ1) is 27.1. The van der Waals surface area contributed by atoms with Gasteiger partial charge in [-0.3, -0.25) is 19.1 Å². The smallest absolute Gasteiger partial charge is 0.290 e. The summed E-state index contributed by atoms with van der Waals surface area (Å²) in [5.41, 5.74) is -0.969. The Kier molecular flexibility index (Phi) is 7.40.